The number of fused-ring (bicyclic) bond motifs is 3. The van der Waals surface area contributed by atoms with Crippen molar-refractivity contribution in [3.05, 3.63) is 49.1 Å². The molecule has 29 heavy (non-hydrogen) atoms. The van der Waals surface area contributed by atoms with E-state index in [1.165, 1.54) is 12.3 Å². The van der Waals surface area contributed by atoms with E-state index < -0.39 is 5.95 Å². The van der Waals surface area contributed by atoms with E-state index in [9.17, 15) is 4.39 Å². The van der Waals surface area contributed by atoms with Crippen LogP contribution in [0.5, 0.6) is 5.75 Å². The molecule has 8 nitrogen and oxygen atoms in total. The average molecular weight is 391 g/mol. The summed E-state index contributed by atoms with van der Waals surface area (Å²) >= 11 is 0. The normalized spacial score (nSPS) is 13.0. The van der Waals surface area contributed by atoms with Crippen molar-refractivity contribution in [2.75, 3.05) is 6.61 Å². The topological polar surface area (TPSA) is 83.5 Å². The Kier molecular flexibility index (Phi) is 4.08. The third kappa shape index (κ3) is 3.04. The lowest BCUT2D eigenvalue weighted by Crippen LogP contribution is -2.06. The number of hydrogen-bond acceptors (Lipinski definition) is 6. The minimum Gasteiger partial charge on any atom is -0.489 e. The summed E-state index contributed by atoms with van der Waals surface area (Å²) in [5.41, 5.74) is 2.96. The molecule has 4 aromatic heterocycles. The third-order valence-electron chi connectivity index (χ3n) is 4.79. The van der Waals surface area contributed by atoms with Gasteiger partial charge >= 0.3 is 0 Å². The molecule has 0 saturated heterocycles. The van der Waals surface area contributed by atoms with E-state index in [2.05, 4.69) is 33.9 Å². The van der Waals surface area contributed by atoms with Gasteiger partial charge < -0.3 is 9.30 Å². The summed E-state index contributed by atoms with van der Waals surface area (Å²) in [5, 5.41) is 4.31. The highest BCUT2D eigenvalue weighted by atomic mass is 19.1. The SMILES string of the molecule is CC(C)n1ncnc1-c1cn2c(n1)-c1cc(-c3ccc(F)nc3)ncc1OCC2. The quantitative estimate of drug-likeness (QED) is 0.498. The van der Waals surface area contributed by atoms with Gasteiger partial charge in [0, 0.05) is 24.0 Å². The number of pyridine rings is 2. The van der Waals surface area contributed by atoms with Gasteiger partial charge in [0.15, 0.2) is 5.82 Å². The molecule has 0 fully saturated rings. The number of ether oxygens (including phenoxy) is 1. The second-order valence-electron chi connectivity index (χ2n) is 7.05. The molecule has 0 unspecified atom stereocenters. The summed E-state index contributed by atoms with van der Waals surface area (Å²) < 4.78 is 22.9. The molecule has 5 rings (SSSR count). The van der Waals surface area contributed by atoms with Gasteiger partial charge in [-0.25, -0.2) is 19.6 Å². The molecule has 5 heterocycles. The minimum atomic E-state index is -0.527. The van der Waals surface area contributed by atoms with Crippen molar-refractivity contribution >= 4 is 0 Å². The molecule has 9 heteroatoms. The molecule has 0 amide bonds. The van der Waals surface area contributed by atoms with Crippen molar-refractivity contribution in [3.8, 4) is 39.9 Å². The van der Waals surface area contributed by atoms with Crippen LogP contribution in [0.15, 0.2) is 43.1 Å². The fourth-order valence-corrected chi connectivity index (χ4v) is 3.39. The van der Waals surface area contributed by atoms with Crippen LogP contribution in [0, 0.1) is 5.95 Å². The van der Waals surface area contributed by atoms with Crippen molar-refractivity contribution in [3.63, 3.8) is 0 Å². The lowest BCUT2D eigenvalue weighted by Gasteiger charge is -2.09. The zero-order valence-corrected chi connectivity index (χ0v) is 15.9. The molecule has 1 aliphatic heterocycles. The Bertz CT molecular complexity index is 1180. The van der Waals surface area contributed by atoms with Crippen molar-refractivity contribution in [1.29, 1.82) is 0 Å². The van der Waals surface area contributed by atoms with Crippen LogP contribution in [-0.4, -0.2) is 40.9 Å². The molecule has 0 N–H and O–H groups in total. The van der Waals surface area contributed by atoms with Crippen LogP contribution >= 0.6 is 0 Å². The van der Waals surface area contributed by atoms with Crippen LogP contribution < -0.4 is 4.74 Å². The Morgan fingerprint density at radius 1 is 1.07 bits per heavy atom. The highest BCUT2D eigenvalue weighted by Gasteiger charge is 2.22. The predicted molar refractivity (Wildman–Crippen MR) is 104 cm³/mol. The molecule has 0 aliphatic carbocycles. The average Bonchev–Trinajstić information content (AvgIpc) is 3.33. The first kappa shape index (κ1) is 17.5. The van der Waals surface area contributed by atoms with Gasteiger partial charge in [-0.15, -0.1) is 0 Å². The Morgan fingerprint density at radius 2 is 1.97 bits per heavy atom. The van der Waals surface area contributed by atoms with Crippen molar-refractivity contribution in [2.24, 2.45) is 0 Å². The Labute approximate surface area is 166 Å². The maximum atomic E-state index is 13.2. The maximum absolute atomic E-state index is 13.2. The summed E-state index contributed by atoms with van der Waals surface area (Å²) in [7, 11) is 0. The number of rotatable bonds is 3. The fraction of sp³-hybridized carbons (Fsp3) is 0.250. The van der Waals surface area contributed by atoms with Crippen molar-refractivity contribution in [1.82, 2.24) is 34.3 Å². The molecule has 0 radical (unpaired) electrons. The highest BCUT2D eigenvalue weighted by molar-refractivity contribution is 5.73. The minimum absolute atomic E-state index is 0.173. The van der Waals surface area contributed by atoms with E-state index in [0.29, 0.717) is 24.6 Å². The van der Waals surface area contributed by atoms with Crippen LogP contribution in [0.2, 0.25) is 0 Å². The van der Waals surface area contributed by atoms with Gasteiger partial charge in [-0.2, -0.15) is 9.49 Å². The third-order valence-corrected chi connectivity index (χ3v) is 4.79. The number of nitrogens with zero attached hydrogens (tertiary/aromatic N) is 7. The number of halogens is 1. The van der Waals surface area contributed by atoms with Gasteiger partial charge in [0.1, 0.15) is 30.2 Å². The largest absolute Gasteiger partial charge is 0.489 e. The summed E-state index contributed by atoms with van der Waals surface area (Å²) in [6, 6.07) is 5.03. The molecule has 0 saturated carbocycles. The molecule has 0 spiro atoms. The summed E-state index contributed by atoms with van der Waals surface area (Å²) in [4.78, 5) is 17.4. The molecule has 0 bridgehead atoms. The lowest BCUT2D eigenvalue weighted by molar-refractivity contribution is 0.305. The Hall–Kier alpha value is -3.62. The van der Waals surface area contributed by atoms with Gasteiger partial charge in [-0.3, -0.25) is 4.98 Å². The van der Waals surface area contributed by atoms with Gasteiger partial charge in [-0.1, -0.05) is 0 Å². The highest BCUT2D eigenvalue weighted by Crippen LogP contribution is 2.35. The van der Waals surface area contributed by atoms with Gasteiger partial charge in [0.25, 0.3) is 0 Å². The Morgan fingerprint density at radius 3 is 2.76 bits per heavy atom. The smallest absolute Gasteiger partial charge is 0.212 e. The monoisotopic (exact) mass is 391 g/mol. The standard InChI is InChI=1S/C20H18FN7O/c1-12(2)28-20(24-11-25-28)16-10-27-5-6-29-17-9-22-15(7-14(17)19(27)26-16)13-3-4-18(21)23-8-13/h3-4,7-12H,5-6H2,1-2H3. The van der Waals surface area contributed by atoms with E-state index in [1.807, 2.05) is 21.5 Å². The lowest BCUT2D eigenvalue weighted by atomic mass is 10.1. The second-order valence-corrected chi connectivity index (χ2v) is 7.05. The van der Waals surface area contributed by atoms with Crippen LogP contribution in [0.1, 0.15) is 19.9 Å². The van der Waals surface area contributed by atoms with E-state index in [0.717, 1.165) is 28.5 Å². The van der Waals surface area contributed by atoms with Crippen LogP contribution in [0.3, 0.4) is 0 Å². The molecular formula is C20H18FN7O. The second kappa shape index (κ2) is 6.77. The molecule has 4 aromatic rings. The summed E-state index contributed by atoms with van der Waals surface area (Å²) in [5.74, 6) is 1.62. The summed E-state index contributed by atoms with van der Waals surface area (Å²) in [6.45, 7) is 5.26. The fourth-order valence-electron chi connectivity index (χ4n) is 3.39. The zero-order valence-electron chi connectivity index (χ0n) is 15.9. The van der Waals surface area contributed by atoms with Gasteiger partial charge in [0.2, 0.25) is 5.95 Å². The van der Waals surface area contributed by atoms with Crippen molar-refractivity contribution in [2.45, 2.75) is 26.4 Å². The van der Waals surface area contributed by atoms with Crippen LogP contribution in [0.4, 0.5) is 4.39 Å². The Balaban J connectivity index is 1.63. The van der Waals surface area contributed by atoms with Gasteiger partial charge in [-0.05, 0) is 32.0 Å². The predicted octanol–water partition coefficient (Wildman–Crippen LogP) is 3.38. The first-order valence-electron chi connectivity index (χ1n) is 9.32. The molecule has 1 aliphatic rings. The number of hydrogen-bond donors (Lipinski definition) is 0. The zero-order chi connectivity index (χ0) is 20.0. The number of imidazole rings is 1. The molecule has 0 atom stereocenters. The van der Waals surface area contributed by atoms with Crippen LogP contribution in [0.25, 0.3) is 34.2 Å². The van der Waals surface area contributed by atoms with Gasteiger partial charge in [0.05, 0.1) is 24.0 Å². The van der Waals surface area contributed by atoms with E-state index in [4.69, 9.17) is 9.72 Å². The number of aromatic nitrogens is 7. The van der Waals surface area contributed by atoms with Crippen molar-refractivity contribution < 1.29 is 9.13 Å². The van der Waals surface area contributed by atoms with E-state index in [1.54, 1.807) is 18.6 Å². The summed E-state index contributed by atoms with van der Waals surface area (Å²) in [6.07, 6.45) is 6.65. The maximum Gasteiger partial charge on any atom is 0.212 e. The molecular weight excluding hydrogens is 373 g/mol. The van der Waals surface area contributed by atoms with E-state index in [-0.39, 0.29) is 6.04 Å². The van der Waals surface area contributed by atoms with Crippen LogP contribution in [-0.2, 0) is 6.54 Å². The first-order chi connectivity index (χ1) is 14.1. The van der Waals surface area contributed by atoms with E-state index >= 15 is 0 Å². The molecule has 146 valence electrons. The molecule has 0 aromatic carbocycles. The first-order valence-corrected chi connectivity index (χ1v) is 9.32.